The number of unbranched alkanes of at least 4 members (excludes halogenated alkanes) is 3. The molecule has 0 atom stereocenters. The Morgan fingerprint density at radius 3 is 2.03 bits per heavy atom. The van der Waals surface area contributed by atoms with Crippen molar-refractivity contribution in [3.05, 3.63) is 48.5 Å². The summed E-state index contributed by atoms with van der Waals surface area (Å²) in [7, 11) is 0. The quantitative estimate of drug-likeness (QED) is 0.166. The van der Waals surface area contributed by atoms with Gasteiger partial charge in [-0.15, -0.1) is 11.6 Å². The molecule has 7 heteroatoms. The third-order valence-corrected chi connectivity index (χ3v) is 5.59. The standard InChI is InChI=1S/C26H34ClNO5/c27-15-7-1-2-8-17-30-20-21-31-18-9-14-26(29)32-19-16-28-22-10-3-5-12-24(22)33-25-13-6-4-11-23(25)28/h3-6,10-13H,1-2,7-9,14-21H2. The van der Waals surface area contributed by atoms with Crippen LogP contribution in [0.2, 0.25) is 0 Å². The predicted molar refractivity (Wildman–Crippen MR) is 131 cm³/mol. The molecule has 0 aliphatic carbocycles. The summed E-state index contributed by atoms with van der Waals surface area (Å²) >= 11 is 5.65. The Labute approximate surface area is 201 Å². The number of halogens is 1. The number of ether oxygens (including phenoxy) is 4. The molecule has 0 fully saturated rings. The molecule has 1 aliphatic rings. The number of rotatable bonds is 16. The van der Waals surface area contributed by atoms with Gasteiger partial charge in [0.15, 0.2) is 11.5 Å². The molecule has 0 amide bonds. The van der Waals surface area contributed by atoms with Crippen LogP contribution in [-0.4, -0.2) is 51.4 Å². The van der Waals surface area contributed by atoms with Crippen LogP contribution >= 0.6 is 11.6 Å². The predicted octanol–water partition coefficient (Wildman–Crippen LogP) is 6.09. The molecule has 0 saturated heterocycles. The van der Waals surface area contributed by atoms with E-state index in [0.29, 0.717) is 45.8 Å². The van der Waals surface area contributed by atoms with Gasteiger partial charge < -0.3 is 23.8 Å². The molecule has 3 rings (SSSR count). The molecule has 0 bridgehead atoms. The molecule has 0 unspecified atom stereocenters. The van der Waals surface area contributed by atoms with Crippen molar-refractivity contribution in [1.29, 1.82) is 0 Å². The van der Waals surface area contributed by atoms with Crippen molar-refractivity contribution in [2.24, 2.45) is 0 Å². The minimum absolute atomic E-state index is 0.207. The number of alkyl halides is 1. The minimum atomic E-state index is -0.207. The topological polar surface area (TPSA) is 57.2 Å². The van der Waals surface area contributed by atoms with Crippen LogP contribution in [0.5, 0.6) is 11.5 Å². The van der Waals surface area contributed by atoms with Crippen LogP contribution in [0.1, 0.15) is 38.5 Å². The smallest absolute Gasteiger partial charge is 0.305 e. The first kappa shape index (κ1) is 25.3. The van der Waals surface area contributed by atoms with Gasteiger partial charge >= 0.3 is 5.97 Å². The zero-order chi connectivity index (χ0) is 23.1. The van der Waals surface area contributed by atoms with Gasteiger partial charge in [-0.05, 0) is 43.5 Å². The maximum atomic E-state index is 12.1. The highest BCUT2D eigenvalue weighted by Crippen LogP contribution is 2.45. The summed E-state index contributed by atoms with van der Waals surface area (Å²) in [6.45, 7) is 3.29. The summed E-state index contributed by atoms with van der Waals surface area (Å²) in [4.78, 5) is 14.2. The van der Waals surface area contributed by atoms with Gasteiger partial charge in [0.25, 0.3) is 0 Å². The highest BCUT2D eigenvalue weighted by Gasteiger charge is 2.23. The van der Waals surface area contributed by atoms with E-state index in [1.54, 1.807) is 0 Å². The summed E-state index contributed by atoms with van der Waals surface area (Å²) in [6.07, 6.45) is 5.43. The summed E-state index contributed by atoms with van der Waals surface area (Å²) in [5.41, 5.74) is 1.94. The lowest BCUT2D eigenvalue weighted by atomic mass is 10.1. The lowest BCUT2D eigenvalue weighted by Gasteiger charge is -2.32. The van der Waals surface area contributed by atoms with E-state index < -0.39 is 0 Å². The monoisotopic (exact) mass is 475 g/mol. The molecule has 0 radical (unpaired) electrons. The van der Waals surface area contributed by atoms with Gasteiger partial charge in [0.05, 0.1) is 31.1 Å². The molecule has 2 aromatic carbocycles. The Kier molecular flexibility index (Phi) is 11.4. The normalized spacial score (nSPS) is 12.1. The van der Waals surface area contributed by atoms with Crippen LogP contribution in [0.15, 0.2) is 48.5 Å². The van der Waals surface area contributed by atoms with Crippen molar-refractivity contribution in [2.75, 3.05) is 50.4 Å². The van der Waals surface area contributed by atoms with Crippen molar-refractivity contribution in [3.8, 4) is 11.5 Å². The molecular formula is C26H34ClNO5. The van der Waals surface area contributed by atoms with Gasteiger partial charge in [-0.25, -0.2) is 0 Å². The van der Waals surface area contributed by atoms with E-state index in [1.165, 1.54) is 0 Å². The fraction of sp³-hybridized carbons (Fsp3) is 0.500. The lowest BCUT2D eigenvalue weighted by Crippen LogP contribution is -2.26. The van der Waals surface area contributed by atoms with Crippen LogP contribution in [0.25, 0.3) is 0 Å². The molecule has 2 aromatic rings. The van der Waals surface area contributed by atoms with E-state index in [4.69, 9.17) is 30.5 Å². The molecule has 0 spiro atoms. The van der Waals surface area contributed by atoms with Crippen LogP contribution in [0, 0.1) is 0 Å². The molecule has 0 N–H and O–H groups in total. The van der Waals surface area contributed by atoms with E-state index in [0.717, 1.165) is 61.0 Å². The Balaban J connectivity index is 1.26. The Morgan fingerprint density at radius 2 is 1.36 bits per heavy atom. The number of benzene rings is 2. The van der Waals surface area contributed by atoms with E-state index in [1.807, 2.05) is 48.5 Å². The lowest BCUT2D eigenvalue weighted by molar-refractivity contribution is -0.143. The SMILES string of the molecule is O=C(CCCOCCOCCCCCCCl)OCCN1c2ccccc2Oc2ccccc21. The van der Waals surface area contributed by atoms with Crippen LogP contribution in [0.3, 0.4) is 0 Å². The molecular weight excluding hydrogens is 442 g/mol. The van der Waals surface area contributed by atoms with Crippen molar-refractivity contribution in [2.45, 2.75) is 38.5 Å². The van der Waals surface area contributed by atoms with E-state index in [9.17, 15) is 4.79 Å². The van der Waals surface area contributed by atoms with Gasteiger partial charge in [0, 0.05) is 25.5 Å². The van der Waals surface area contributed by atoms with Crippen LogP contribution in [0.4, 0.5) is 11.4 Å². The number of hydrogen-bond donors (Lipinski definition) is 0. The molecule has 0 saturated carbocycles. The number of hydrogen-bond acceptors (Lipinski definition) is 6. The fourth-order valence-corrected chi connectivity index (χ4v) is 3.83. The van der Waals surface area contributed by atoms with Gasteiger partial charge in [0.1, 0.15) is 6.61 Å². The Morgan fingerprint density at radius 1 is 0.758 bits per heavy atom. The molecule has 180 valence electrons. The average Bonchev–Trinajstić information content (AvgIpc) is 2.84. The van der Waals surface area contributed by atoms with Crippen LogP contribution < -0.4 is 9.64 Å². The Bertz CT molecular complexity index is 801. The van der Waals surface area contributed by atoms with Gasteiger partial charge in [-0.3, -0.25) is 4.79 Å². The fourth-order valence-electron chi connectivity index (χ4n) is 3.64. The minimum Gasteiger partial charge on any atom is -0.464 e. The number of carbonyl (C=O) groups is 1. The summed E-state index contributed by atoms with van der Waals surface area (Å²) in [5, 5.41) is 0. The van der Waals surface area contributed by atoms with Gasteiger partial charge in [-0.2, -0.15) is 0 Å². The highest BCUT2D eigenvalue weighted by atomic mass is 35.5. The maximum Gasteiger partial charge on any atom is 0.305 e. The second-order valence-corrected chi connectivity index (χ2v) is 8.22. The Hall–Kier alpha value is -2.28. The van der Waals surface area contributed by atoms with Crippen molar-refractivity contribution in [1.82, 2.24) is 0 Å². The number of fused-ring (bicyclic) bond motifs is 2. The van der Waals surface area contributed by atoms with Crippen molar-refractivity contribution < 1.29 is 23.7 Å². The third-order valence-electron chi connectivity index (χ3n) is 5.32. The number of carbonyl (C=O) groups excluding carboxylic acids is 1. The zero-order valence-corrected chi connectivity index (χ0v) is 19.9. The molecule has 0 aromatic heterocycles. The van der Waals surface area contributed by atoms with E-state index in [2.05, 4.69) is 4.90 Å². The maximum absolute atomic E-state index is 12.1. The van der Waals surface area contributed by atoms with Crippen LogP contribution in [-0.2, 0) is 19.0 Å². The van der Waals surface area contributed by atoms with Crippen molar-refractivity contribution >= 4 is 28.9 Å². The highest BCUT2D eigenvalue weighted by molar-refractivity contribution is 6.17. The second-order valence-electron chi connectivity index (χ2n) is 7.84. The third kappa shape index (κ3) is 8.54. The number of esters is 1. The molecule has 6 nitrogen and oxygen atoms in total. The first-order valence-corrected chi connectivity index (χ1v) is 12.3. The van der Waals surface area contributed by atoms with Gasteiger partial charge in [0.2, 0.25) is 0 Å². The number of nitrogens with zero attached hydrogens (tertiary/aromatic N) is 1. The second kappa shape index (κ2) is 14.8. The first-order chi connectivity index (χ1) is 16.3. The van der Waals surface area contributed by atoms with E-state index >= 15 is 0 Å². The zero-order valence-electron chi connectivity index (χ0n) is 19.2. The molecule has 1 aliphatic heterocycles. The van der Waals surface area contributed by atoms with Crippen molar-refractivity contribution in [3.63, 3.8) is 0 Å². The van der Waals surface area contributed by atoms with E-state index in [-0.39, 0.29) is 5.97 Å². The summed E-state index contributed by atoms with van der Waals surface area (Å²) in [6, 6.07) is 15.8. The average molecular weight is 476 g/mol. The largest absolute Gasteiger partial charge is 0.464 e. The number of para-hydroxylation sites is 4. The summed E-state index contributed by atoms with van der Waals surface area (Å²) in [5.74, 6) is 2.13. The molecule has 33 heavy (non-hydrogen) atoms. The van der Waals surface area contributed by atoms with Gasteiger partial charge in [-0.1, -0.05) is 37.1 Å². The first-order valence-electron chi connectivity index (χ1n) is 11.8. The number of anilines is 2. The summed E-state index contributed by atoms with van der Waals surface area (Å²) < 4.78 is 22.5. The molecule has 1 heterocycles.